The van der Waals surface area contributed by atoms with Crippen LogP contribution in [0.15, 0.2) is 20.8 Å². The van der Waals surface area contributed by atoms with Gasteiger partial charge in [0.2, 0.25) is 11.8 Å². The van der Waals surface area contributed by atoms with Crippen LogP contribution in [0.5, 0.6) is 0 Å². The number of likely N-dealkylation sites (N-methyl/N-ethyl adjacent to an activating group) is 1. The van der Waals surface area contributed by atoms with Crippen molar-refractivity contribution in [1.82, 2.24) is 20.4 Å². The van der Waals surface area contributed by atoms with Crippen molar-refractivity contribution in [1.29, 1.82) is 0 Å². The van der Waals surface area contributed by atoms with Crippen LogP contribution in [0.25, 0.3) is 0 Å². The maximum Gasteiger partial charge on any atom is 0.239 e. The highest BCUT2D eigenvalue weighted by Crippen LogP contribution is 2.29. The van der Waals surface area contributed by atoms with Crippen LogP contribution in [0.1, 0.15) is 19.8 Å². The third-order valence-electron chi connectivity index (χ3n) is 2.90. The number of carbonyl (C=O) groups is 2. The first kappa shape index (κ1) is 18.3. The molecule has 2 rings (SSSR count). The van der Waals surface area contributed by atoms with Gasteiger partial charge in [0.1, 0.15) is 0 Å². The first-order valence-electron chi connectivity index (χ1n) is 7.21. The number of thioether (sulfide) groups is 2. The molecule has 2 amide bonds. The standard InChI is InChI=1S/C14H20N4O2S3/c1-9(2)7-21-13-16-17-14(23-13)22-8-12(20)18(3)6-11(19)15-10-4-5-10/h10H,1,4-8H2,2-3H3,(H,15,19). The highest BCUT2D eigenvalue weighted by atomic mass is 32.2. The molecule has 0 atom stereocenters. The van der Waals surface area contributed by atoms with E-state index in [1.807, 2.05) is 6.92 Å². The zero-order valence-corrected chi connectivity index (χ0v) is 15.7. The minimum atomic E-state index is -0.0947. The van der Waals surface area contributed by atoms with Crippen LogP contribution in [0.3, 0.4) is 0 Å². The summed E-state index contributed by atoms with van der Waals surface area (Å²) in [6.45, 7) is 5.92. The molecule has 0 radical (unpaired) electrons. The molecule has 1 fully saturated rings. The lowest BCUT2D eigenvalue weighted by Gasteiger charge is -2.16. The summed E-state index contributed by atoms with van der Waals surface area (Å²) in [4.78, 5) is 25.2. The lowest BCUT2D eigenvalue weighted by Crippen LogP contribution is -2.39. The van der Waals surface area contributed by atoms with Crippen LogP contribution >= 0.6 is 34.9 Å². The van der Waals surface area contributed by atoms with Crippen LogP contribution < -0.4 is 5.32 Å². The van der Waals surface area contributed by atoms with Gasteiger partial charge in [0.15, 0.2) is 8.68 Å². The van der Waals surface area contributed by atoms with E-state index in [1.165, 1.54) is 28.0 Å². The molecule has 1 heterocycles. The molecule has 1 aromatic rings. The van der Waals surface area contributed by atoms with Crippen molar-refractivity contribution in [3.05, 3.63) is 12.2 Å². The van der Waals surface area contributed by atoms with Gasteiger partial charge >= 0.3 is 0 Å². The summed E-state index contributed by atoms with van der Waals surface area (Å²) in [6, 6.07) is 0.317. The normalized spacial score (nSPS) is 13.7. The summed E-state index contributed by atoms with van der Waals surface area (Å²) in [7, 11) is 1.64. The number of aromatic nitrogens is 2. The molecule has 23 heavy (non-hydrogen) atoms. The summed E-state index contributed by atoms with van der Waals surface area (Å²) in [5.41, 5.74) is 1.08. The largest absolute Gasteiger partial charge is 0.352 e. The molecule has 1 aliphatic carbocycles. The van der Waals surface area contributed by atoms with Crippen LogP contribution in [0.4, 0.5) is 0 Å². The molecule has 1 aliphatic rings. The third-order valence-corrected chi connectivity index (χ3v) is 6.30. The van der Waals surface area contributed by atoms with Crippen molar-refractivity contribution < 1.29 is 9.59 Å². The van der Waals surface area contributed by atoms with E-state index in [1.54, 1.807) is 18.8 Å². The van der Waals surface area contributed by atoms with Crippen molar-refractivity contribution in [3.8, 4) is 0 Å². The van der Waals surface area contributed by atoms with Gasteiger partial charge in [0.05, 0.1) is 12.3 Å². The second-order valence-corrected chi connectivity index (χ2v) is 8.88. The van der Waals surface area contributed by atoms with E-state index in [4.69, 9.17) is 0 Å². The molecular formula is C14H20N4O2S3. The lowest BCUT2D eigenvalue weighted by molar-refractivity contribution is -0.132. The Balaban J connectivity index is 1.70. The Kier molecular flexibility index (Phi) is 6.91. The Bertz CT molecular complexity index is 586. The zero-order valence-electron chi connectivity index (χ0n) is 13.2. The summed E-state index contributed by atoms with van der Waals surface area (Å²) in [6.07, 6.45) is 2.09. The average Bonchev–Trinajstić information content (AvgIpc) is 3.17. The highest BCUT2D eigenvalue weighted by Gasteiger charge is 2.24. The second-order valence-electron chi connectivity index (χ2n) is 5.46. The molecule has 6 nitrogen and oxygen atoms in total. The fourth-order valence-corrected chi connectivity index (χ4v) is 4.34. The molecule has 1 saturated carbocycles. The van der Waals surface area contributed by atoms with E-state index in [-0.39, 0.29) is 24.1 Å². The molecule has 0 saturated heterocycles. The minimum Gasteiger partial charge on any atom is -0.352 e. The smallest absolute Gasteiger partial charge is 0.239 e. The molecule has 0 unspecified atom stereocenters. The maximum atomic E-state index is 12.0. The van der Waals surface area contributed by atoms with Crippen LogP contribution in [0, 0.1) is 0 Å². The number of hydrogen-bond donors (Lipinski definition) is 1. The first-order valence-corrected chi connectivity index (χ1v) is 9.99. The Morgan fingerprint density at radius 1 is 1.30 bits per heavy atom. The molecular weight excluding hydrogens is 352 g/mol. The molecule has 0 aliphatic heterocycles. The van der Waals surface area contributed by atoms with E-state index >= 15 is 0 Å². The number of nitrogens with zero attached hydrogens (tertiary/aromatic N) is 3. The molecule has 126 valence electrons. The van der Waals surface area contributed by atoms with E-state index in [0.29, 0.717) is 6.04 Å². The van der Waals surface area contributed by atoms with Crippen molar-refractivity contribution in [2.75, 3.05) is 25.1 Å². The Morgan fingerprint density at radius 3 is 2.48 bits per heavy atom. The highest BCUT2D eigenvalue weighted by molar-refractivity contribution is 8.03. The molecule has 9 heteroatoms. The summed E-state index contributed by atoms with van der Waals surface area (Å²) < 4.78 is 1.64. The minimum absolute atomic E-state index is 0.0905. The van der Waals surface area contributed by atoms with Crippen LogP contribution in [0.2, 0.25) is 0 Å². The van der Waals surface area contributed by atoms with Gasteiger partial charge in [-0.1, -0.05) is 47.0 Å². The van der Waals surface area contributed by atoms with Gasteiger partial charge in [-0.05, 0) is 19.8 Å². The predicted molar refractivity (Wildman–Crippen MR) is 95.0 cm³/mol. The molecule has 1 aromatic heterocycles. The fraction of sp³-hybridized carbons (Fsp3) is 0.571. The monoisotopic (exact) mass is 372 g/mol. The third kappa shape index (κ3) is 6.92. The van der Waals surface area contributed by atoms with Crippen LogP contribution in [-0.4, -0.2) is 58.1 Å². The van der Waals surface area contributed by atoms with Gasteiger partial charge < -0.3 is 10.2 Å². The SMILES string of the molecule is C=C(C)CSc1nnc(SCC(=O)N(C)CC(=O)NC2CC2)s1. The van der Waals surface area contributed by atoms with Crippen molar-refractivity contribution in [2.45, 2.75) is 34.5 Å². The van der Waals surface area contributed by atoms with Gasteiger partial charge in [0.25, 0.3) is 0 Å². The topological polar surface area (TPSA) is 75.2 Å². The van der Waals surface area contributed by atoms with Gasteiger partial charge in [0, 0.05) is 18.8 Å². The van der Waals surface area contributed by atoms with E-state index in [2.05, 4.69) is 22.1 Å². The lowest BCUT2D eigenvalue weighted by atomic mass is 10.4. The molecule has 0 aromatic carbocycles. The van der Waals surface area contributed by atoms with Crippen molar-refractivity contribution in [3.63, 3.8) is 0 Å². The van der Waals surface area contributed by atoms with Crippen molar-refractivity contribution in [2.24, 2.45) is 0 Å². The van der Waals surface area contributed by atoms with Gasteiger partial charge in [-0.3, -0.25) is 9.59 Å². The zero-order chi connectivity index (χ0) is 16.8. The van der Waals surface area contributed by atoms with Gasteiger partial charge in [-0.25, -0.2) is 0 Å². The van der Waals surface area contributed by atoms with E-state index < -0.39 is 0 Å². The van der Waals surface area contributed by atoms with E-state index in [0.717, 1.165) is 32.8 Å². The molecule has 1 N–H and O–H groups in total. The Hall–Kier alpha value is -1.06. The second kappa shape index (κ2) is 8.70. The van der Waals surface area contributed by atoms with Crippen LogP contribution in [-0.2, 0) is 9.59 Å². The number of nitrogens with one attached hydrogen (secondary N) is 1. The van der Waals surface area contributed by atoms with Crippen molar-refractivity contribution >= 4 is 46.7 Å². The number of carbonyl (C=O) groups excluding carboxylic acids is 2. The summed E-state index contributed by atoms with van der Waals surface area (Å²) >= 11 is 4.42. The number of hydrogen-bond acceptors (Lipinski definition) is 7. The average molecular weight is 373 g/mol. The van der Waals surface area contributed by atoms with Gasteiger partial charge in [-0.15, -0.1) is 10.2 Å². The number of amides is 2. The Morgan fingerprint density at radius 2 is 1.91 bits per heavy atom. The van der Waals surface area contributed by atoms with E-state index in [9.17, 15) is 9.59 Å². The Labute approximate surface area is 148 Å². The number of rotatable bonds is 9. The fourth-order valence-electron chi connectivity index (χ4n) is 1.54. The molecule has 0 spiro atoms. The van der Waals surface area contributed by atoms with Gasteiger partial charge in [-0.2, -0.15) is 0 Å². The maximum absolute atomic E-state index is 12.0. The summed E-state index contributed by atoms with van der Waals surface area (Å²) in [5, 5.41) is 11.0. The quantitative estimate of drug-likeness (QED) is 0.528. The molecule has 0 bridgehead atoms. The predicted octanol–water partition coefficient (Wildman–Crippen LogP) is 2.04. The summed E-state index contributed by atoms with van der Waals surface area (Å²) in [5.74, 6) is 0.888. The first-order chi connectivity index (χ1) is 10.9.